The van der Waals surface area contributed by atoms with Gasteiger partial charge in [-0.2, -0.15) is 0 Å². The van der Waals surface area contributed by atoms with Crippen molar-refractivity contribution in [3.05, 3.63) is 59.7 Å². The average Bonchev–Trinajstić information content (AvgIpc) is 2.48. The van der Waals surface area contributed by atoms with E-state index in [1.165, 1.54) is 16.8 Å². The number of hydrogen-bond donors (Lipinski definition) is 1. The molecule has 19 heavy (non-hydrogen) atoms. The summed E-state index contributed by atoms with van der Waals surface area (Å²) in [7, 11) is 0. The van der Waals surface area contributed by atoms with Gasteiger partial charge in [0.1, 0.15) is 5.75 Å². The van der Waals surface area contributed by atoms with Crippen molar-refractivity contribution in [3.8, 4) is 5.75 Å². The minimum atomic E-state index is 0.431. The maximum atomic E-state index is 5.78. The number of fused-ring (bicyclic) bond motifs is 1. The van der Waals surface area contributed by atoms with Gasteiger partial charge in [0.25, 0.3) is 0 Å². The van der Waals surface area contributed by atoms with E-state index in [0.717, 1.165) is 18.7 Å². The Balaban J connectivity index is 2.04. The van der Waals surface area contributed by atoms with Gasteiger partial charge in [-0.3, -0.25) is 0 Å². The molecule has 1 heterocycles. The Morgan fingerprint density at radius 1 is 1.05 bits per heavy atom. The lowest BCUT2D eigenvalue weighted by atomic mass is 9.85. The van der Waals surface area contributed by atoms with Crippen LogP contribution in [0, 0.1) is 0 Å². The molecule has 98 valence electrons. The van der Waals surface area contributed by atoms with Gasteiger partial charge in [-0.15, -0.1) is 0 Å². The highest BCUT2D eigenvalue weighted by atomic mass is 16.5. The van der Waals surface area contributed by atoms with E-state index in [9.17, 15) is 0 Å². The Labute approximate surface area is 114 Å². The number of ether oxygens (including phenoxy) is 1. The zero-order chi connectivity index (χ0) is 13.1. The van der Waals surface area contributed by atoms with Crippen LogP contribution in [0.2, 0.25) is 0 Å². The van der Waals surface area contributed by atoms with Crippen molar-refractivity contribution in [2.45, 2.75) is 19.3 Å². The summed E-state index contributed by atoms with van der Waals surface area (Å²) in [6.07, 6.45) is 1.11. The van der Waals surface area contributed by atoms with Crippen LogP contribution in [0.25, 0.3) is 0 Å². The van der Waals surface area contributed by atoms with Crippen molar-refractivity contribution in [1.82, 2.24) is 0 Å². The van der Waals surface area contributed by atoms with Gasteiger partial charge in [-0.25, -0.2) is 0 Å². The topological polar surface area (TPSA) is 21.3 Å². The summed E-state index contributed by atoms with van der Waals surface area (Å²) in [5.74, 6) is 1.45. The zero-order valence-corrected chi connectivity index (χ0v) is 11.2. The third kappa shape index (κ3) is 2.30. The lowest BCUT2D eigenvalue weighted by molar-refractivity contribution is 0.334. The second kappa shape index (κ2) is 5.35. The molecule has 0 saturated carbocycles. The maximum Gasteiger partial charge on any atom is 0.123 e. The minimum Gasteiger partial charge on any atom is -0.494 e. The molecule has 1 aliphatic heterocycles. The van der Waals surface area contributed by atoms with Crippen molar-refractivity contribution in [2.75, 3.05) is 18.5 Å². The van der Waals surface area contributed by atoms with Gasteiger partial charge in [0.05, 0.1) is 6.61 Å². The fraction of sp³-hybridized carbons (Fsp3) is 0.294. The van der Waals surface area contributed by atoms with E-state index in [0.29, 0.717) is 12.5 Å². The standard InChI is InChI=1S/C17H19NO/c1-2-19-17-10-6-4-8-15(17)13-11-12-18-16-9-5-3-7-14(13)16/h3-10,13,18H,2,11-12H2,1H3. The average molecular weight is 253 g/mol. The first kappa shape index (κ1) is 12.1. The fourth-order valence-corrected chi connectivity index (χ4v) is 2.85. The second-order valence-corrected chi connectivity index (χ2v) is 4.83. The zero-order valence-electron chi connectivity index (χ0n) is 11.2. The van der Waals surface area contributed by atoms with E-state index >= 15 is 0 Å². The molecule has 1 N–H and O–H groups in total. The van der Waals surface area contributed by atoms with Crippen LogP contribution < -0.4 is 10.1 Å². The smallest absolute Gasteiger partial charge is 0.123 e. The largest absolute Gasteiger partial charge is 0.494 e. The van der Waals surface area contributed by atoms with E-state index in [1.807, 2.05) is 13.0 Å². The predicted octanol–water partition coefficient (Wildman–Crippen LogP) is 4.03. The summed E-state index contributed by atoms with van der Waals surface area (Å²) in [5.41, 5.74) is 3.93. The predicted molar refractivity (Wildman–Crippen MR) is 79.0 cm³/mol. The van der Waals surface area contributed by atoms with Crippen LogP contribution in [0.15, 0.2) is 48.5 Å². The van der Waals surface area contributed by atoms with Gasteiger partial charge in [-0.1, -0.05) is 36.4 Å². The summed E-state index contributed by atoms with van der Waals surface area (Å²) in [6, 6.07) is 17.0. The van der Waals surface area contributed by atoms with Crippen LogP contribution in [0.4, 0.5) is 5.69 Å². The first-order chi connectivity index (χ1) is 9.40. The normalized spacial score (nSPS) is 17.4. The van der Waals surface area contributed by atoms with Gasteiger partial charge in [-0.05, 0) is 31.0 Å². The van der Waals surface area contributed by atoms with Crippen molar-refractivity contribution in [3.63, 3.8) is 0 Å². The van der Waals surface area contributed by atoms with E-state index in [2.05, 4.69) is 47.8 Å². The Bertz CT molecular complexity index is 565. The van der Waals surface area contributed by atoms with Gasteiger partial charge in [0.15, 0.2) is 0 Å². The highest BCUT2D eigenvalue weighted by molar-refractivity contribution is 5.58. The highest BCUT2D eigenvalue weighted by Crippen LogP contribution is 2.39. The van der Waals surface area contributed by atoms with Crippen LogP contribution >= 0.6 is 0 Å². The number of hydrogen-bond acceptors (Lipinski definition) is 2. The SMILES string of the molecule is CCOc1ccccc1C1CCNc2ccccc21. The maximum absolute atomic E-state index is 5.78. The van der Waals surface area contributed by atoms with E-state index in [4.69, 9.17) is 4.74 Å². The third-order valence-corrected chi connectivity index (χ3v) is 3.68. The minimum absolute atomic E-state index is 0.431. The summed E-state index contributed by atoms with van der Waals surface area (Å²) in [5, 5.41) is 3.47. The Kier molecular flexibility index (Phi) is 3.41. The van der Waals surface area contributed by atoms with Crippen LogP contribution in [-0.2, 0) is 0 Å². The molecule has 1 atom stereocenters. The summed E-state index contributed by atoms with van der Waals surface area (Å²) < 4.78 is 5.78. The van der Waals surface area contributed by atoms with Crippen LogP contribution in [0.1, 0.15) is 30.4 Å². The monoisotopic (exact) mass is 253 g/mol. The molecule has 0 saturated heterocycles. The highest BCUT2D eigenvalue weighted by Gasteiger charge is 2.23. The number of rotatable bonds is 3. The van der Waals surface area contributed by atoms with Crippen LogP contribution in [-0.4, -0.2) is 13.2 Å². The molecule has 2 nitrogen and oxygen atoms in total. The molecule has 0 fully saturated rings. The molecule has 2 heteroatoms. The Morgan fingerprint density at radius 3 is 2.63 bits per heavy atom. The van der Waals surface area contributed by atoms with Gasteiger partial charge >= 0.3 is 0 Å². The van der Waals surface area contributed by atoms with Crippen LogP contribution in [0.3, 0.4) is 0 Å². The summed E-state index contributed by atoms with van der Waals surface area (Å²) >= 11 is 0. The molecule has 1 aliphatic rings. The number of para-hydroxylation sites is 2. The molecule has 0 spiro atoms. The van der Waals surface area contributed by atoms with Crippen molar-refractivity contribution < 1.29 is 4.74 Å². The fourth-order valence-electron chi connectivity index (χ4n) is 2.85. The van der Waals surface area contributed by atoms with E-state index < -0.39 is 0 Å². The molecule has 0 radical (unpaired) electrons. The Morgan fingerprint density at radius 2 is 1.79 bits per heavy atom. The van der Waals surface area contributed by atoms with Gasteiger partial charge in [0.2, 0.25) is 0 Å². The summed E-state index contributed by atoms with van der Waals surface area (Å²) in [6.45, 7) is 3.76. The van der Waals surface area contributed by atoms with Gasteiger partial charge < -0.3 is 10.1 Å². The number of benzene rings is 2. The van der Waals surface area contributed by atoms with E-state index in [-0.39, 0.29) is 0 Å². The lowest BCUT2D eigenvalue weighted by Gasteiger charge is -2.28. The van der Waals surface area contributed by atoms with E-state index in [1.54, 1.807) is 0 Å². The summed E-state index contributed by atoms with van der Waals surface area (Å²) in [4.78, 5) is 0. The van der Waals surface area contributed by atoms with Crippen molar-refractivity contribution >= 4 is 5.69 Å². The molecule has 0 amide bonds. The molecule has 0 aliphatic carbocycles. The van der Waals surface area contributed by atoms with Crippen molar-refractivity contribution in [1.29, 1.82) is 0 Å². The molecule has 2 aromatic carbocycles. The first-order valence-electron chi connectivity index (χ1n) is 6.94. The third-order valence-electron chi connectivity index (χ3n) is 3.68. The molecule has 1 unspecified atom stereocenters. The number of anilines is 1. The Hall–Kier alpha value is -1.96. The van der Waals surface area contributed by atoms with Crippen molar-refractivity contribution in [2.24, 2.45) is 0 Å². The lowest BCUT2D eigenvalue weighted by Crippen LogP contribution is -2.18. The van der Waals surface area contributed by atoms with Gasteiger partial charge in [0, 0.05) is 23.7 Å². The molecule has 0 aromatic heterocycles. The molecular weight excluding hydrogens is 234 g/mol. The quantitative estimate of drug-likeness (QED) is 0.891. The number of nitrogens with one attached hydrogen (secondary N) is 1. The molecule has 0 bridgehead atoms. The second-order valence-electron chi connectivity index (χ2n) is 4.83. The van der Waals surface area contributed by atoms with Crippen LogP contribution in [0.5, 0.6) is 5.75 Å². The first-order valence-corrected chi connectivity index (χ1v) is 6.94. The molecule has 3 rings (SSSR count). The molecule has 2 aromatic rings. The molecular formula is C17H19NO.